The summed E-state index contributed by atoms with van der Waals surface area (Å²) in [7, 11) is 0. The maximum absolute atomic E-state index is 10.5. The molecule has 27 heavy (non-hydrogen) atoms. The zero-order valence-electron chi connectivity index (χ0n) is 14.5. The predicted octanol–water partition coefficient (Wildman–Crippen LogP) is 4.29. The van der Waals surface area contributed by atoms with Crippen LogP contribution in [0.3, 0.4) is 0 Å². The number of benzene rings is 2. The van der Waals surface area contributed by atoms with Gasteiger partial charge in [0.25, 0.3) is 0 Å². The van der Waals surface area contributed by atoms with Gasteiger partial charge in [-0.05, 0) is 48.5 Å². The fraction of sp³-hybridized carbons (Fsp3) is 0.143. The van der Waals surface area contributed by atoms with E-state index >= 15 is 0 Å². The molecule has 0 bridgehead atoms. The van der Waals surface area contributed by atoms with E-state index in [2.05, 4.69) is 27.0 Å². The van der Waals surface area contributed by atoms with Gasteiger partial charge >= 0.3 is 0 Å². The number of hydrogen-bond donors (Lipinski definition) is 1. The van der Waals surface area contributed by atoms with Crippen molar-refractivity contribution in [3.05, 3.63) is 83.0 Å². The molecule has 1 heterocycles. The highest BCUT2D eigenvalue weighted by Gasteiger charge is 2.16. The van der Waals surface area contributed by atoms with Crippen molar-refractivity contribution in [1.29, 1.82) is 5.26 Å². The van der Waals surface area contributed by atoms with Gasteiger partial charge in [-0.15, -0.1) is 0 Å². The standard InChI is InChI=1S/C21H18BrN3O2/c22-17-7-9-18(10-8-17)25(21-11-6-16(12-23)13-24-21)14-19(26)15-27-20-4-2-1-3-5-20/h1-11,13,19,26H,14-15H2. The minimum atomic E-state index is -0.730. The van der Waals surface area contributed by atoms with E-state index in [9.17, 15) is 5.11 Å². The van der Waals surface area contributed by atoms with Gasteiger partial charge in [-0.2, -0.15) is 5.26 Å². The number of anilines is 2. The van der Waals surface area contributed by atoms with Crippen LogP contribution >= 0.6 is 15.9 Å². The molecule has 3 rings (SSSR count). The van der Waals surface area contributed by atoms with Crippen LogP contribution in [0.1, 0.15) is 5.56 Å². The Kier molecular flexibility index (Phi) is 6.42. The van der Waals surface area contributed by atoms with Gasteiger partial charge in [-0.1, -0.05) is 34.1 Å². The molecule has 2 aromatic carbocycles. The Morgan fingerprint density at radius 2 is 1.81 bits per heavy atom. The van der Waals surface area contributed by atoms with Gasteiger partial charge in [-0.3, -0.25) is 0 Å². The molecule has 3 aromatic rings. The lowest BCUT2D eigenvalue weighted by Gasteiger charge is -2.26. The van der Waals surface area contributed by atoms with E-state index in [-0.39, 0.29) is 6.61 Å². The number of ether oxygens (including phenoxy) is 1. The van der Waals surface area contributed by atoms with E-state index in [1.54, 1.807) is 12.1 Å². The second kappa shape index (κ2) is 9.17. The quantitative estimate of drug-likeness (QED) is 0.613. The van der Waals surface area contributed by atoms with Crippen LogP contribution in [0.4, 0.5) is 11.5 Å². The number of aromatic nitrogens is 1. The number of halogens is 1. The summed E-state index contributed by atoms with van der Waals surface area (Å²) in [6.45, 7) is 0.459. The van der Waals surface area contributed by atoms with Crippen molar-refractivity contribution < 1.29 is 9.84 Å². The van der Waals surface area contributed by atoms with Gasteiger partial charge in [0.15, 0.2) is 0 Å². The van der Waals surface area contributed by atoms with Gasteiger partial charge in [0, 0.05) is 16.4 Å². The first-order valence-electron chi connectivity index (χ1n) is 8.41. The Bertz CT molecular complexity index is 893. The molecule has 6 heteroatoms. The summed E-state index contributed by atoms with van der Waals surface area (Å²) in [5.41, 5.74) is 1.37. The second-order valence-electron chi connectivity index (χ2n) is 5.88. The molecule has 136 valence electrons. The summed E-state index contributed by atoms with van der Waals surface area (Å²) in [6, 6.07) is 22.7. The highest BCUT2D eigenvalue weighted by atomic mass is 79.9. The molecule has 0 amide bonds. The van der Waals surface area contributed by atoms with Crippen molar-refractivity contribution in [2.75, 3.05) is 18.1 Å². The Hall–Kier alpha value is -2.88. The normalized spacial score (nSPS) is 11.4. The fourth-order valence-corrected chi connectivity index (χ4v) is 2.80. The number of hydrogen-bond acceptors (Lipinski definition) is 5. The van der Waals surface area contributed by atoms with Crippen LogP contribution in [0.5, 0.6) is 5.75 Å². The third-order valence-corrected chi connectivity index (χ3v) is 4.40. The summed E-state index contributed by atoms with van der Waals surface area (Å²) in [4.78, 5) is 6.26. The third-order valence-electron chi connectivity index (χ3n) is 3.87. The van der Waals surface area contributed by atoms with Gasteiger partial charge in [-0.25, -0.2) is 4.98 Å². The van der Waals surface area contributed by atoms with Crippen LogP contribution in [0.2, 0.25) is 0 Å². The Labute approximate surface area is 166 Å². The minimum absolute atomic E-state index is 0.160. The van der Waals surface area contributed by atoms with Crippen LogP contribution in [0.15, 0.2) is 77.4 Å². The van der Waals surface area contributed by atoms with E-state index in [1.165, 1.54) is 6.20 Å². The first-order valence-corrected chi connectivity index (χ1v) is 9.20. The smallest absolute Gasteiger partial charge is 0.133 e. The zero-order valence-corrected chi connectivity index (χ0v) is 16.1. The first kappa shape index (κ1) is 18.9. The van der Waals surface area contributed by atoms with Crippen molar-refractivity contribution in [2.45, 2.75) is 6.10 Å². The lowest BCUT2D eigenvalue weighted by molar-refractivity contribution is 0.114. The summed E-state index contributed by atoms with van der Waals surface area (Å²) >= 11 is 3.43. The summed E-state index contributed by atoms with van der Waals surface area (Å²) in [5, 5.41) is 19.5. The number of rotatable bonds is 7. The summed E-state index contributed by atoms with van der Waals surface area (Å²) in [6.07, 6.45) is 0.792. The molecule has 1 aromatic heterocycles. The summed E-state index contributed by atoms with van der Waals surface area (Å²) < 4.78 is 6.61. The van der Waals surface area contributed by atoms with Crippen LogP contribution in [0, 0.1) is 11.3 Å². The SMILES string of the molecule is N#Cc1ccc(N(CC(O)COc2ccccc2)c2ccc(Br)cc2)nc1. The molecule has 0 saturated carbocycles. The monoisotopic (exact) mass is 423 g/mol. The third kappa shape index (κ3) is 5.30. The molecule has 0 saturated heterocycles. The molecule has 0 aliphatic carbocycles. The van der Waals surface area contributed by atoms with Crippen LogP contribution in [-0.2, 0) is 0 Å². The van der Waals surface area contributed by atoms with Crippen molar-refractivity contribution in [1.82, 2.24) is 4.98 Å². The molecule has 0 aliphatic rings. The first-order chi connectivity index (χ1) is 13.2. The van der Waals surface area contributed by atoms with E-state index in [0.717, 1.165) is 10.2 Å². The topological polar surface area (TPSA) is 69.4 Å². The highest BCUT2D eigenvalue weighted by molar-refractivity contribution is 9.10. The lowest BCUT2D eigenvalue weighted by atomic mass is 10.2. The van der Waals surface area contributed by atoms with Gasteiger partial charge in [0.1, 0.15) is 30.3 Å². The molecule has 1 unspecified atom stereocenters. The summed E-state index contributed by atoms with van der Waals surface area (Å²) in [5.74, 6) is 1.36. The molecule has 1 atom stereocenters. The Balaban J connectivity index is 1.76. The number of pyridine rings is 1. The van der Waals surface area contributed by atoms with Crippen LogP contribution in [-0.4, -0.2) is 29.3 Å². The molecule has 0 fully saturated rings. The van der Waals surface area contributed by atoms with Crippen molar-refractivity contribution in [3.8, 4) is 11.8 Å². The average molecular weight is 424 g/mol. The molecule has 1 N–H and O–H groups in total. The van der Waals surface area contributed by atoms with Crippen molar-refractivity contribution in [2.24, 2.45) is 0 Å². The number of aliphatic hydroxyl groups excluding tert-OH is 1. The second-order valence-corrected chi connectivity index (χ2v) is 6.80. The highest BCUT2D eigenvalue weighted by Crippen LogP contribution is 2.26. The van der Waals surface area contributed by atoms with Gasteiger partial charge in [0.05, 0.1) is 12.1 Å². The number of nitrogens with zero attached hydrogens (tertiary/aromatic N) is 3. The van der Waals surface area contributed by atoms with E-state index in [1.807, 2.05) is 59.5 Å². The van der Waals surface area contributed by atoms with E-state index in [4.69, 9.17) is 10.00 Å². The Morgan fingerprint density at radius 1 is 1.07 bits per heavy atom. The van der Waals surface area contributed by atoms with Crippen LogP contribution in [0.25, 0.3) is 0 Å². The molecule has 0 spiro atoms. The Morgan fingerprint density at radius 3 is 2.44 bits per heavy atom. The maximum Gasteiger partial charge on any atom is 0.133 e. The van der Waals surface area contributed by atoms with Gasteiger partial charge in [0.2, 0.25) is 0 Å². The molecule has 5 nitrogen and oxygen atoms in total. The van der Waals surface area contributed by atoms with Crippen molar-refractivity contribution >= 4 is 27.4 Å². The largest absolute Gasteiger partial charge is 0.491 e. The fourth-order valence-electron chi connectivity index (χ4n) is 2.54. The van der Waals surface area contributed by atoms with Gasteiger partial charge < -0.3 is 14.7 Å². The number of nitriles is 1. The van der Waals surface area contributed by atoms with E-state index in [0.29, 0.717) is 23.7 Å². The van der Waals surface area contributed by atoms with Crippen molar-refractivity contribution in [3.63, 3.8) is 0 Å². The molecular formula is C21H18BrN3O2. The van der Waals surface area contributed by atoms with Crippen LogP contribution < -0.4 is 9.64 Å². The average Bonchev–Trinajstić information content (AvgIpc) is 2.72. The lowest BCUT2D eigenvalue weighted by Crippen LogP contribution is -2.33. The number of para-hydroxylation sites is 1. The predicted molar refractivity (Wildman–Crippen MR) is 108 cm³/mol. The zero-order chi connectivity index (χ0) is 19.1. The maximum atomic E-state index is 10.5. The minimum Gasteiger partial charge on any atom is -0.491 e. The molecule has 0 radical (unpaired) electrons. The molecular weight excluding hydrogens is 406 g/mol. The molecule has 0 aliphatic heterocycles. The number of aliphatic hydroxyl groups is 1. The van der Waals surface area contributed by atoms with E-state index < -0.39 is 6.10 Å².